The average Bonchev–Trinajstić information content (AvgIpc) is 2.25. The molecule has 2 amide bonds. The van der Waals surface area contributed by atoms with Crippen LogP contribution in [-0.4, -0.2) is 53.1 Å². The van der Waals surface area contributed by atoms with Gasteiger partial charge in [-0.15, -0.1) is 0 Å². The van der Waals surface area contributed by atoms with Crippen molar-refractivity contribution in [1.29, 1.82) is 0 Å². The molecule has 0 bridgehead atoms. The molecular weight excluding hydrogens is 246 g/mol. The quantitative estimate of drug-likeness (QED) is 0.323. The van der Waals surface area contributed by atoms with Gasteiger partial charge in [0.05, 0.1) is 13.0 Å². The summed E-state index contributed by atoms with van der Waals surface area (Å²) in [6, 6.07) is -1.53. The van der Waals surface area contributed by atoms with Crippen LogP contribution in [0.1, 0.15) is 12.8 Å². The topological polar surface area (TPSA) is 159 Å². The Bertz CT molecular complexity index is 343. The Morgan fingerprint density at radius 2 is 1.72 bits per heavy atom. The highest BCUT2D eigenvalue weighted by Crippen LogP contribution is 1.92. The van der Waals surface area contributed by atoms with Crippen LogP contribution in [0.15, 0.2) is 0 Å². The van der Waals surface area contributed by atoms with Crippen molar-refractivity contribution in [2.24, 2.45) is 5.73 Å². The minimum atomic E-state index is -1.53. The third-order valence-corrected chi connectivity index (χ3v) is 1.83. The predicted octanol–water partition coefficient (Wildman–Crippen LogP) is -2.50. The van der Waals surface area contributed by atoms with E-state index in [2.05, 4.69) is 5.32 Å². The summed E-state index contributed by atoms with van der Waals surface area (Å²) >= 11 is 0. The van der Waals surface area contributed by atoms with Crippen LogP contribution in [0.3, 0.4) is 0 Å². The molecule has 0 aliphatic rings. The molecule has 0 fully saturated rings. The lowest BCUT2D eigenvalue weighted by molar-refractivity contribution is -0.147. The first-order valence-corrected chi connectivity index (χ1v) is 5.07. The Balaban J connectivity index is 4.14. The fourth-order valence-electron chi connectivity index (χ4n) is 1.02. The normalized spacial score (nSPS) is 11.4. The summed E-state index contributed by atoms with van der Waals surface area (Å²) < 4.78 is 0. The number of aliphatic carboxylic acids is 2. The molecule has 18 heavy (non-hydrogen) atoms. The summed E-state index contributed by atoms with van der Waals surface area (Å²) in [5.41, 5.74) is 5.11. The third kappa shape index (κ3) is 7.17. The van der Waals surface area contributed by atoms with E-state index in [1.807, 2.05) is 5.32 Å². The maximum atomic E-state index is 11.2. The Morgan fingerprint density at radius 3 is 2.17 bits per heavy atom. The smallest absolute Gasteiger partial charge is 0.326 e. The lowest BCUT2D eigenvalue weighted by Gasteiger charge is -2.12. The molecule has 0 unspecified atom stereocenters. The van der Waals surface area contributed by atoms with Crippen molar-refractivity contribution in [2.45, 2.75) is 18.9 Å². The maximum Gasteiger partial charge on any atom is 0.326 e. The second-order valence-corrected chi connectivity index (χ2v) is 3.37. The summed E-state index contributed by atoms with van der Waals surface area (Å²) in [5, 5.41) is 21.3. The van der Waals surface area contributed by atoms with Crippen molar-refractivity contribution in [3.05, 3.63) is 0 Å². The molecule has 0 aromatic carbocycles. The zero-order chi connectivity index (χ0) is 14.1. The minimum absolute atomic E-state index is 0.0464. The first kappa shape index (κ1) is 15.8. The van der Waals surface area contributed by atoms with Crippen molar-refractivity contribution >= 4 is 23.8 Å². The summed E-state index contributed by atoms with van der Waals surface area (Å²) in [7, 11) is 0. The fourth-order valence-corrected chi connectivity index (χ4v) is 1.02. The van der Waals surface area contributed by atoms with Gasteiger partial charge < -0.3 is 26.6 Å². The van der Waals surface area contributed by atoms with Crippen LogP contribution in [0.4, 0.5) is 0 Å². The van der Waals surface area contributed by atoms with Crippen LogP contribution < -0.4 is 16.4 Å². The maximum absolute atomic E-state index is 11.2. The van der Waals surface area contributed by atoms with E-state index in [0.29, 0.717) is 0 Å². The van der Waals surface area contributed by atoms with E-state index in [9.17, 15) is 19.2 Å². The molecule has 102 valence electrons. The van der Waals surface area contributed by atoms with E-state index in [-0.39, 0.29) is 13.0 Å². The van der Waals surface area contributed by atoms with Crippen LogP contribution in [-0.2, 0) is 19.2 Å². The van der Waals surface area contributed by atoms with E-state index in [4.69, 9.17) is 15.9 Å². The van der Waals surface area contributed by atoms with Crippen LogP contribution in [0.25, 0.3) is 0 Å². The van der Waals surface area contributed by atoms with Gasteiger partial charge in [-0.1, -0.05) is 0 Å². The second-order valence-electron chi connectivity index (χ2n) is 3.37. The van der Waals surface area contributed by atoms with Gasteiger partial charge in [0.1, 0.15) is 6.04 Å². The Hall–Kier alpha value is -2.16. The first-order chi connectivity index (χ1) is 8.36. The molecule has 0 aliphatic heterocycles. The number of nitrogens with one attached hydrogen (secondary N) is 2. The van der Waals surface area contributed by atoms with Gasteiger partial charge in [-0.25, -0.2) is 4.79 Å². The lowest BCUT2D eigenvalue weighted by atomic mass is 10.2. The van der Waals surface area contributed by atoms with Gasteiger partial charge in [0.25, 0.3) is 0 Å². The van der Waals surface area contributed by atoms with Crippen LogP contribution in [0.5, 0.6) is 0 Å². The SMILES string of the molecule is NCCC(=O)NCC(=O)N[C@@H](CC(=O)O)C(=O)O. The summed E-state index contributed by atoms with van der Waals surface area (Å²) in [5.74, 6) is -4.04. The zero-order valence-corrected chi connectivity index (χ0v) is 9.51. The highest BCUT2D eigenvalue weighted by Gasteiger charge is 2.22. The number of carbonyl (C=O) groups is 4. The molecule has 0 saturated carbocycles. The van der Waals surface area contributed by atoms with Crippen molar-refractivity contribution < 1.29 is 29.4 Å². The van der Waals surface area contributed by atoms with Gasteiger partial charge in [0.15, 0.2) is 0 Å². The van der Waals surface area contributed by atoms with E-state index in [1.165, 1.54) is 0 Å². The number of carboxylic acids is 2. The molecule has 9 nitrogen and oxygen atoms in total. The highest BCUT2D eigenvalue weighted by molar-refractivity contribution is 5.89. The predicted molar refractivity (Wildman–Crippen MR) is 58.5 cm³/mol. The molecular formula is C9H15N3O6. The van der Waals surface area contributed by atoms with Crippen molar-refractivity contribution in [3.63, 3.8) is 0 Å². The van der Waals surface area contributed by atoms with Gasteiger partial charge in [-0.05, 0) is 0 Å². The van der Waals surface area contributed by atoms with Gasteiger partial charge in [0.2, 0.25) is 11.8 Å². The standard InChI is InChI=1S/C9H15N3O6/c10-2-1-6(13)11-4-7(14)12-5(9(17)18)3-8(15)16/h5H,1-4,10H2,(H,11,13)(H,12,14)(H,15,16)(H,17,18)/t5-/m0/s1. The number of hydrogen-bond acceptors (Lipinski definition) is 5. The zero-order valence-electron chi connectivity index (χ0n) is 9.51. The largest absolute Gasteiger partial charge is 0.481 e. The molecule has 0 aromatic heterocycles. The number of amides is 2. The summed E-state index contributed by atoms with van der Waals surface area (Å²) in [4.78, 5) is 43.2. The van der Waals surface area contributed by atoms with Crippen LogP contribution >= 0.6 is 0 Å². The number of nitrogens with two attached hydrogens (primary N) is 1. The van der Waals surface area contributed by atoms with Gasteiger partial charge in [0, 0.05) is 13.0 Å². The molecule has 0 rings (SSSR count). The van der Waals surface area contributed by atoms with Gasteiger partial charge >= 0.3 is 11.9 Å². The van der Waals surface area contributed by atoms with E-state index >= 15 is 0 Å². The van der Waals surface area contributed by atoms with E-state index in [1.54, 1.807) is 0 Å². The van der Waals surface area contributed by atoms with Crippen molar-refractivity contribution in [3.8, 4) is 0 Å². The molecule has 9 heteroatoms. The summed E-state index contributed by atoms with van der Waals surface area (Å²) in [6.07, 6.45) is -0.692. The van der Waals surface area contributed by atoms with Gasteiger partial charge in [-0.3, -0.25) is 14.4 Å². The molecule has 0 heterocycles. The minimum Gasteiger partial charge on any atom is -0.481 e. The number of carbonyl (C=O) groups excluding carboxylic acids is 2. The monoisotopic (exact) mass is 261 g/mol. The number of hydrogen-bond donors (Lipinski definition) is 5. The third-order valence-electron chi connectivity index (χ3n) is 1.83. The van der Waals surface area contributed by atoms with Gasteiger partial charge in [-0.2, -0.15) is 0 Å². The Kier molecular flexibility index (Phi) is 7.05. The molecule has 0 aromatic rings. The first-order valence-electron chi connectivity index (χ1n) is 5.07. The Labute approximate surface area is 102 Å². The fraction of sp³-hybridized carbons (Fsp3) is 0.556. The Morgan fingerprint density at radius 1 is 1.11 bits per heavy atom. The molecule has 0 aliphatic carbocycles. The molecule has 1 atom stereocenters. The van der Waals surface area contributed by atoms with E-state index < -0.39 is 42.8 Å². The van der Waals surface area contributed by atoms with Crippen LogP contribution in [0, 0.1) is 0 Å². The average molecular weight is 261 g/mol. The summed E-state index contributed by atoms with van der Waals surface area (Å²) in [6.45, 7) is -0.299. The van der Waals surface area contributed by atoms with Crippen molar-refractivity contribution in [1.82, 2.24) is 10.6 Å². The molecule has 6 N–H and O–H groups in total. The van der Waals surface area contributed by atoms with E-state index in [0.717, 1.165) is 0 Å². The second kappa shape index (κ2) is 8.01. The molecule has 0 saturated heterocycles. The lowest BCUT2D eigenvalue weighted by Crippen LogP contribution is -2.46. The highest BCUT2D eigenvalue weighted by atomic mass is 16.4. The molecule has 0 spiro atoms. The van der Waals surface area contributed by atoms with Crippen LogP contribution in [0.2, 0.25) is 0 Å². The number of carboxylic acid groups (broad SMARTS) is 2. The van der Waals surface area contributed by atoms with Crippen molar-refractivity contribution in [2.75, 3.05) is 13.1 Å². The number of rotatable bonds is 8. The molecule has 0 radical (unpaired) electrons.